The van der Waals surface area contributed by atoms with Crippen molar-refractivity contribution in [2.24, 2.45) is 5.16 Å². The summed E-state index contributed by atoms with van der Waals surface area (Å²) in [6.07, 6.45) is 1.21. The first-order valence-corrected chi connectivity index (χ1v) is 7.76. The van der Waals surface area contributed by atoms with Gasteiger partial charge in [-0.05, 0) is 29.7 Å². The molecule has 0 bridgehead atoms. The van der Waals surface area contributed by atoms with Gasteiger partial charge in [-0.2, -0.15) is 0 Å². The molecule has 0 radical (unpaired) electrons. The lowest BCUT2D eigenvalue weighted by Crippen LogP contribution is -2.17. The van der Waals surface area contributed by atoms with E-state index >= 15 is 0 Å². The second kappa shape index (κ2) is 8.58. The number of oxime groups is 1. The monoisotopic (exact) mass is 341 g/mol. The number of para-hydroxylation sites is 1. The van der Waals surface area contributed by atoms with Crippen LogP contribution in [0.5, 0.6) is 0 Å². The van der Waals surface area contributed by atoms with Gasteiger partial charge in [-0.25, -0.2) is 0 Å². The number of rotatable bonds is 7. The highest BCUT2D eigenvalue weighted by Crippen LogP contribution is 2.17. The summed E-state index contributed by atoms with van der Waals surface area (Å²) < 4.78 is 0. The maximum absolute atomic E-state index is 11.8. The standard InChI is InChI=1S/C18H19N3O4/c1-13(2)14-7-9-16(10-8-14)20-18(22)12-25-19-11-15-5-3-4-6-17(15)21(23)24/h3-11,13H,12H2,1-2H3,(H,20,22)/b19-11+. The van der Waals surface area contributed by atoms with Crippen LogP contribution in [0.25, 0.3) is 0 Å². The number of benzene rings is 2. The first-order chi connectivity index (χ1) is 12.0. The molecule has 2 aromatic rings. The number of hydrogen-bond acceptors (Lipinski definition) is 5. The number of nitrogens with zero attached hydrogens (tertiary/aromatic N) is 2. The molecule has 0 aliphatic heterocycles. The summed E-state index contributed by atoms with van der Waals surface area (Å²) in [6.45, 7) is 3.90. The Labute approximate surface area is 145 Å². The van der Waals surface area contributed by atoms with Crippen LogP contribution in [-0.2, 0) is 9.63 Å². The molecule has 2 aromatic carbocycles. The van der Waals surface area contributed by atoms with Crippen LogP contribution in [0, 0.1) is 10.1 Å². The Morgan fingerprint density at radius 2 is 1.92 bits per heavy atom. The topological polar surface area (TPSA) is 93.8 Å². The number of carbonyl (C=O) groups excluding carboxylic acids is 1. The zero-order chi connectivity index (χ0) is 18.2. The highest BCUT2D eigenvalue weighted by molar-refractivity contribution is 5.91. The summed E-state index contributed by atoms with van der Waals surface area (Å²) in [5, 5.41) is 17.2. The van der Waals surface area contributed by atoms with Crippen LogP contribution in [0.1, 0.15) is 30.9 Å². The molecule has 2 rings (SSSR count). The minimum atomic E-state index is -0.505. The Bertz CT molecular complexity index is 770. The number of nitrogens with one attached hydrogen (secondary N) is 1. The van der Waals surface area contributed by atoms with Gasteiger partial charge in [-0.1, -0.05) is 43.3 Å². The Hall–Kier alpha value is -3.22. The molecule has 0 unspecified atom stereocenters. The number of anilines is 1. The zero-order valence-electron chi connectivity index (χ0n) is 14.0. The van der Waals surface area contributed by atoms with Gasteiger partial charge in [0.25, 0.3) is 11.6 Å². The Morgan fingerprint density at radius 1 is 1.24 bits per heavy atom. The maximum Gasteiger partial charge on any atom is 0.278 e. The fourth-order valence-electron chi connectivity index (χ4n) is 2.10. The zero-order valence-corrected chi connectivity index (χ0v) is 14.0. The third kappa shape index (κ3) is 5.42. The van der Waals surface area contributed by atoms with Gasteiger partial charge >= 0.3 is 0 Å². The third-order valence-electron chi connectivity index (χ3n) is 3.46. The van der Waals surface area contributed by atoms with E-state index in [2.05, 4.69) is 24.3 Å². The summed E-state index contributed by atoms with van der Waals surface area (Å²) in [5.41, 5.74) is 2.07. The second-order valence-corrected chi connectivity index (χ2v) is 5.65. The van der Waals surface area contributed by atoms with Gasteiger partial charge in [0, 0.05) is 11.8 Å². The summed E-state index contributed by atoms with van der Waals surface area (Å²) in [7, 11) is 0. The average Bonchev–Trinajstić information content (AvgIpc) is 2.59. The van der Waals surface area contributed by atoms with E-state index in [1.165, 1.54) is 17.8 Å². The van der Waals surface area contributed by atoms with Crippen molar-refractivity contribution in [1.82, 2.24) is 0 Å². The van der Waals surface area contributed by atoms with E-state index in [9.17, 15) is 14.9 Å². The molecule has 0 fully saturated rings. The van der Waals surface area contributed by atoms with E-state index in [-0.39, 0.29) is 18.2 Å². The van der Waals surface area contributed by atoms with E-state index in [1.54, 1.807) is 18.2 Å². The van der Waals surface area contributed by atoms with Gasteiger partial charge in [0.15, 0.2) is 6.61 Å². The van der Waals surface area contributed by atoms with Gasteiger partial charge in [0.1, 0.15) is 0 Å². The van der Waals surface area contributed by atoms with Crippen molar-refractivity contribution in [1.29, 1.82) is 0 Å². The van der Waals surface area contributed by atoms with Crippen LogP contribution in [0.4, 0.5) is 11.4 Å². The molecule has 1 amide bonds. The van der Waals surface area contributed by atoms with Gasteiger partial charge < -0.3 is 10.2 Å². The van der Waals surface area contributed by atoms with Crippen molar-refractivity contribution in [3.05, 3.63) is 69.8 Å². The lowest BCUT2D eigenvalue weighted by Gasteiger charge is -2.08. The van der Waals surface area contributed by atoms with Gasteiger partial charge in [-0.15, -0.1) is 0 Å². The predicted octanol–water partition coefficient (Wildman–Crippen LogP) is 3.71. The number of amides is 1. The number of carbonyl (C=O) groups is 1. The predicted molar refractivity (Wildman–Crippen MR) is 95.8 cm³/mol. The molecule has 0 aromatic heterocycles. The van der Waals surface area contributed by atoms with Crippen molar-refractivity contribution >= 4 is 23.5 Å². The smallest absolute Gasteiger partial charge is 0.278 e. The van der Waals surface area contributed by atoms with E-state index < -0.39 is 4.92 Å². The van der Waals surface area contributed by atoms with E-state index in [1.807, 2.05) is 24.3 Å². The van der Waals surface area contributed by atoms with Crippen molar-refractivity contribution in [3.63, 3.8) is 0 Å². The molecule has 0 saturated carbocycles. The SMILES string of the molecule is CC(C)c1ccc(NC(=O)CO/N=C/c2ccccc2[N+](=O)[O-])cc1. The van der Waals surface area contributed by atoms with E-state index in [0.29, 0.717) is 17.2 Å². The molecule has 0 saturated heterocycles. The molecule has 130 valence electrons. The van der Waals surface area contributed by atoms with Gasteiger partial charge in [0.05, 0.1) is 16.7 Å². The Kier molecular flexibility index (Phi) is 6.22. The molecule has 0 heterocycles. The Morgan fingerprint density at radius 3 is 2.56 bits per heavy atom. The van der Waals surface area contributed by atoms with Gasteiger partial charge in [0.2, 0.25) is 0 Å². The van der Waals surface area contributed by atoms with Gasteiger partial charge in [-0.3, -0.25) is 14.9 Å². The molecule has 25 heavy (non-hydrogen) atoms. The molecule has 1 N–H and O–H groups in total. The molecule has 7 nitrogen and oxygen atoms in total. The minimum absolute atomic E-state index is 0.0791. The summed E-state index contributed by atoms with van der Waals surface area (Å²) in [6, 6.07) is 13.7. The molecular weight excluding hydrogens is 322 g/mol. The average molecular weight is 341 g/mol. The highest BCUT2D eigenvalue weighted by Gasteiger charge is 2.10. The lowest BCUT2D eigenvalue weighted by molar-refractivity contribution is -0.385. The summed E-state index contributed by atoms with van der Waals surface area (Å²) in [4.78, 5) is 27.1. The molecule has 0 spiro atoms. The van der Waals surface area contributed by atoms with Crippen LogP contribution >= 0.6 is 0 Å². The molecular formula is C18H19N3O4. The summed E-state index contributed by atoms with van der Waals surface area (Å²) in [5.74, 6) is 0.0569. The van der Waals surface area contributed by atoms with Crippen LogP contribution < -0.4 is 5.32 Å². The normalized spacial score (nSPS) is 10.8. The second-order valence-electron chi connectivity index (χ2n) is 5.65. The molecule has 0 aliphatic carbocycles. The van der Waals surface area contributed by atoms with Crippen molar-refractivity contribution in [2.75, 3.05) is 11.9 Å². The van der Waals surface area contributed by atoms with E-state index in [4.69, 9.17) is 4.84 Å². The van der Waals surface area contributed by atoms with Crippen LogP contribution in [0.3, 0.4) is 0 Å². The first-order valence-electron chi connectivity index (χ1n) is 7.76. The van der Waals surface area contributed by atoms with E-state index in [0.717, 1.165) is 0 Å². The van der Waals surface area contributed by atoms with Crippen LogP contribution in [-0.4, -0.2) is 23.7 Å². The highest BCUT2D eigenvalue weighted by atomic mass is 16.6. The first kappa shape index (κ1) is 18.1. The van der Waals surface area contributed by atoms with Crippen molar-refractivity contribution < 1.29 is 14.6 Å². The molecule has 7 heteroatoms. The van der Waals surface area contributed by atoms with Crippen molar-refractivity contribution in [2.45, 2.75) is 19.8 Å². The number of nitro benzene ring substituents is 1. The largest absolute Gasteiger partial charge is 0.386 e. The third-order valence-corrected chi connectivity index (χ3v) is 3.46. The summed E-state index contributed by atoms with van der Waals surface area (Å²) >= 11 is 0. The number of hydrogen-bond donors (Lipinski definition) is 1. The fraction of sp³-hybridized carbons (Fsp3) is 0.222. The quantitative estimate of drug-likeness (QED) is 0.472. The number of nitro groups is 1. The minimum Gasteiger partial charge on any atom is -0.386 e. The van der Waals surface area contributed by atoms with Crippen LogP contribution in [0.2, 0.25) is 0 Å². The maximum atomic E-state index is 11.8. The molecule has 0 aliphatic rings. The van der Waals surface area contributed by atoms with Crippen LogP contribution in [0.15, 0.2) is 53.7 Å². The fourth-order valence-corrected chi connectivity index (χ4v) is 2.10. The Balaban J connectivity index is 1.85. The van der Waals surface area contributed by atoms with Crippen molar-refractivity contribution in [3.8, 4) is 0 Å². The lowest BCUT2D eigenvalue weighted by atomic mass is 10.0. The molecule has 0 atom stereocenters.